The van der Waals surface area contributed by atoms with Gasteiger partial charge in [-0.25, -0.2) is 9.97 Å². The Morgan fingerprint density at radius 1 is 1.17 bits per heavy atom. The molecule has 158 valence electrons. The summed E-state index contributed by atoms with van der Waals surface area (Å²) < 4.78 is 10.7. The fourth-order valence-electron chi connectivity index (χ4n) is 3.00. The predicted octanol–water partition coefficient (Wildman–Crippen LogP) is 3.76. The summed E-state index contributed by atoms with van der Waals surface area (Å²) >= 11 is 0. The lowest BCUT2D eigenvalue weighted by molar-refractivity contribution is 0.146. The summed E-state index contributed by atoms with van der Waals surface area (Å²) in [6, 6.07) is 7.17. The second-order valence-corrected chi connectivity index (χ2v) is 8.21. The Labute approximate surface area is 173 Å². The SMILES string of the molecule is CCCN(CC(C)(C)C)c1cc(C(=N)c2cc(OCCOC)ccc2N)ncn1. The molecule has 2 rings (SSSR count). The molecule has 1 aromatic heterocycles. The largest absolute Gasteiger partial charge is 0.491 e. The van der Waals surface area contributed by atoms with Crippen molar-refractivity contribution in [2.24, 2.45) is 5.41 Å². The molecule has 0 aliphatic carbocycles. The molecule has 0 unspecified atom stereocenters. The third kappa shape index (κ3) is 6.71. The molecule has 2 aromatic rings. The summed E-state index contributed by atoms with van der Waals surface area (Å²) in [5, 5.41) is 8.67. The zero-order valence-electron chi connectivity index (χ0n) is 18.2. The molecule has 1 heterocycles. The Morgan fingerprint density at radius 3 is 2.59 bits per heavy atom. The molecular formula is C22H33N5O2. The summed E-state index contributed by atoms with van der Waals surface area (Å²) in [7, 11) is 1.63. The van der Waals surface area contributed by atoms with E-state index in [9.17, 15) is 0 Å². The molecular weight excluding hydrogens is 366 g/mol. The number of nitrogen functional groups attached to an aromatic ring is 1. The number of nitrogens with two attached hydrogens (primary N) is 1. The number of ether oxygens (including phenoxy) is 2. The normalized spacial score (nSPS) is 11.3. The van der Waals surface area contributed by atoms with E-state index in [1.54, 1.807) is 25.3 Å². The number of methoxy groups -OCH3 is 1. The first-order chi connectivity index (χ1) is 13.7. The molecule has 3 N–H and O–H groups in total. The molecule has 1 aromatic carbocycles. The maximum absolute atomic E-state index is 8.67. The van der Waals surface area contributed by atoms with Crippen LogP contribution in [0.25, 0.3) is 0 Å². The number of nitrogens with one attached hydrogen (secondary N) is 1. The highest BCUT2D eigenvalue weighted by Gasteiger charge is 2.19. The molecule has 0 saturated carbocycles. The van der Waals surface area contributed by atoms with Crippen LogP contribution in [0, 0.1) is 10.8 Å². The Hall–Kier alpha value is -2.67. The molecule has 29 heavy (non-hydrogen) atoms. The van der Waals surface area contributed by atoms with Crippen LogP contribution in [0.2, 0.25) is 0 Å². The predicted molar refractivity (Wildman–Crippen MR) is 118 cm³/mol. The van der Waals surface area contributed by atoms with E-state index in [1.807, 2.05) is 6.07 Å². The van der Waals surface area contributed by atoms with Gasteiger partial charge in [0.15, 0.2) is 0 Å². The van der Waals surface area contributed by atoms with Crippen molar-refractivity contribution in [1.29, 1.82) is 5.41 Å². The van der Waals surface area contributed by atoms with Crippen LogP contribution in [0.15, 0.2) is 30.6 Å². The molecule has 7 heteroatoms. The van der Waals surface area contributed by atoms with Crippen LogP contribution in [0.5, 0.6) is 5.75 Å². The minimum absolute atomic E-state index is 0.131. The summed E-state index contributed by atoms with van der Waals surface area (Å²) in [6.45, 7) is 11.5. The zero-order valence-corrected chi connectivity index (χ0v) is 18.2. The summed E-state index contributed by atoms with van der Waals surface area (Å²) in [5.41, 5.74) is 8.14. The highest BCUT2D eigenvalue weighted by Crippen LogP contribution is 2.24. The second-order valence-electron chi connectivity index (χ2n) is 8.21. The van der Waals surface area contributed by atoms with E-state index in [4.69, 9.17) is 20.6 Å². The lowest BCUT2D eigenvalue weighted by Crippen LogP contribution is -2.34. The molecule has 0 aliphatic heterocycles. The summed E-state index contributed by atoms with van der Waals surface area (Å²) in [4.78, 5) is 11.0. The third-order valence-corrected chi connectivity index (χ3v) is 4.24. The van der Waals surface area contributed by atoms with Gasteiger partial charge in [0, 0.05) is 37.5 Å². The van der Waals surface area contributed by atoms with Crippen molar-refractivity contribution < 1.29 is 9.47 Å². The van der Waals surface area contributed by atoms with Crippen LogP contribution in [-0.4, -0.2) is 49.1 Å². The number of anilines is 2. The Morgan fingerprint density at radius 2 is 1.93 bits per heavy atom. The molecule has 0 saturated heterocycles. The quantitative estimate of drug-likeness (QED) is 0.359. The van der Waals surface area contributed by atoms with Gasteiger partial charge in [-0.3, -0.25) is 5.41 Å². The van der Waals surface area contributed by atoms with Crippen molar-refractivity contribution in [3.05, 3.63) is 41.9 Å². The van der Waals surface area contributed by atoms with E-state index in [2.05, 4.69) is 42.6 Å². The number of benzene rings is 1. The summed E-state index contributed by atoms with van der Waals surface area (Å²) in [6.07, 6.45) is 2.53. The van der Waals surface area contributed by atoms with Crippen LogP contribution >= 0.6 is 0 Å². The van der Waals surface area contributed by atoms with Crippen LogP contribution in [0.3, 0.4) is 0 Å². The monoisotopic (exact) mass is 399 g/mol. The van der Waals surface area contributed by atoms with Crippen LogP contribution in [-0.2, 0) is 4.74 Å². The van der Waals surface area contributed by atoms with Crippen LogP contribution < -0.4 is 15.4 Å². The molecule has 0 bridgehead atoms. The van der Waals surface area contributed by atoms with Gasteiger partial charge >= 0.3 is 0 Å². The highest BCUT2D eigenvalue weighted by molar-refractivity contribution is 6.13. The van der Waals surface area contributed by atoms with E-state index >= 15 is 0 Å². The molecule has 0 fully saturated rings. The standard InChI is InChI=1S/C22H33N5O2/c1-6-9-27(14-22(2,3)4)20-13-19(25-15-26-20)21(24)17-12-16(7-8-18(17)23)29-11-10-28-5/h7-8,12-13,15,24H,6,9-11,14,23H2,1-5H3. The fraction of sp³-hybridized carbons (Fsp3) is 0.500. The Bertz CT molecular complexity index is 817. The van der Waals surface area contributed by atoms with Gasteiger partial charge in [0.1, 0.15) is 24.5 Å². The number of nitrogens with zero attached hydrogens (tertiary/aromatic N) is 3. The number of hydrogen-bond acceptors (Lipinski definition) is 7. The first-order valence-electron chi connectivity index (χ1n) is 9.92. The van der Waals surface area contributed by atoms with Crippen molar-refractivity contribution in [1.82, 2.24) is 9.97 Å². The molecule has 0 radical (unpaired) electrons. The number of aromatic nitrogens is 2. The highest BCUT2D eigenvalue weighted by atomic mass is 16.5. The lowest BCUT2D eigenvalue weighted by Gasteiger charge is -2.30. The van der Waals surface area contributed by atoms with Gasteiger partial charge in [-0.15, -0.1) is 0 Å². The maximum atomic E-state index is 8.67. The van der Waals surface area contributed by atoms with Crippen molar-refractivity contribution in [3.8, 4) is 5.75 Å². The smallest absolute Gasteiger partial charge is 0.132 e. The van der Waals surface area contributed by atoms with Gasteiger partial charge in [0.25, 0.3) is 0 Å². The van der Waals surface area contributed by atoms with Gasteiger partial charge in [-0.05, 0) is 30.0 Å². The molecule has 7 nitrogen and oxygen atoms in total. The number of hydrogen-bond donors (Lipinski definition) is 2. The first-order valence-corrected chi connectivity index (χ1v) is 9.92. The second kappa shape index (κ2) is 10.2. The van der Waals surface area contributed by atoms with Crippen LogP contribution in [0.1, 0.15) is 45.4 Å². The van der Waals surface area contributed by atoms with E-state index < -0.39 is 0 Å². The molecule has 0 amide bonds. The first kappa shape index (κ1) is 22.6. The van der Waals surface area contributed by atoms with Crippen molar-refractivity contribution in [2.45, 2.75) is 34.1 Å². The third-order valence-electron chi connectivity index (χ3n) is 4.24. The van der Waals surface area contributed by atoms with Gasteiger partial charge in [0.05, 0.1) is 18.0 Å². The van der Waals surface area contributed by atoms with Gasteiger partial charge < -0.3 is 20.1 Å². The van der Waals surface area contributed by atoms with E-state index in [-0.39, 0.29) is 11.1 Å². The summed E-state index contributed by atoms with van der Waals surface area (Å²) in [5.74, 6) is 1.47. The van der Waals surface area contributed by atoms with Crippen molar-refractivity contribution >= 4 is 17.2 Å². The number of rotatable bonds is 10. The van der Waals surface area contributed by atoms with E-state index in [0.29, 0.717) is 35.9 Å². The average molecular weight is 400 g/mol. The zero-order chi connectivity index (χ0) is 21.4. The molecule has 0 spiro atoms. The van der Waals surface area contributed by atoms with Gasteiger partial charge in [-0.2, -0.15) is 0 Å². The van der Waals surface area contributed by atoms with E-state index in [0.717, 1.165) is 25.3 Å². The Kier molecular flexibility index (Phi) is 7.96. The van der Waals surface area contributed by atoms with Crippen molar-refractivity contribution in [3.63, 3.8) is 0 Å². The maximum Gasteiger partial charge on any atom is 0.132 e. The molecule has 0 aliphatic rings. The minimum atomic E-state index is 0.131. The average Bonchev–Trinajstić information content (AvgIpc) is 2.68. The van der Waals surface area contributed by atoms with E-state index in [1.165, 1.54) is 6.33 Å². The molecule has 0 atom stereocenters. The minimum Gasteiger partial charge on any atom is -0.491 e. The van der Waals surface area contributed by atoms with Crippen LogP contribution in [0.4, 0.5) is 11.5 Å². The van der Waals surface area contributed by atoms with Gasteiger partial charge in [0.2, 0.25) is 0 Å². The van der Waals surface area contributed by atoms with Gasteiger partial charge in [-0.1, -0.05) is 27.7 Å². The topological polar surface area (TPSA) is 97.4 Å². The fourth-order valence-corrected chi connectivity index (χ4v) is 3.00. The lowest BCUT2D eigenvalue weighted by atomic mass is 9.96. The van der Waals surface area contributed by atoms with Crippen molar-refractivity contribution in [2.75, 3.05) is 44.0 Å². The Balaban J connectivity index is 2.29.